The lowest BCUT2D eigenvalue weighted by atomic mass is 10.1. The van der Waals surface area contributed by atoms with Crippen molar-refractivity contribution >= 4 is 16.1 Å². The van der Waals surface area contributed by atoms with Gasteiger partial charge in [-0.2, -0.15) is 0 Å². The van der Waals surface area contributed by atoms with Crippen LogP contribution < -0.4 is 5.32 Å². The average molecular weight is 280 g/mol. The molecule has 1 amide bonds. The summed E-state index contributed by atoms with van der Waals surface area (Å²) in [6, 6.07) is 0. The lowest BCUT2D eigenvalue weighted by Gasteiger charge is -2.31. The minimum absolute atomic E-state index is 0.172. The van der Waals surface area contributed by atoms with E-state index in [-0.39, 0.29) is 6.54 Å². The molecule has 0 saturated heterocycles. The van der Waals surface area contributed by atoms with E-state index in [0.29, 0.717) is 0 Å². The summed E-state index contributed by atoms with van der Waals surface area (Å²) in [6.07, 6.45) is 0.561. The van der Waals surface area contributed by atoms with Crippen LogP contribution in [0.4, 0.5) is 4.79 Å². The second kappa shape index (κ2) is 5.44. The highest BCUT2D eigenvalue weighted by molar-refractivity contribution is 7.88. The van der Waals surface area contributed by atoms with Gasteiger partial charge in [0.25, 0.3) is 0 Å². The van der Waals surface area contributed by atoms with Gasteiger partial charge >= 0.3 is 6.09 Å². The Morgan fingerprint density at radius 2 is 1.67 bits per heavy atom. The highest BCUT2D eigenvalue weighted by Gasteiger charge is 2.28. The van der Waals surface area contributed by atoms with Crippen molar-refractivity contribution in [3.63, 3.8) is 0 Å². The second-order valence-electron chi connectivity index (χ2n) is 6.03. The van der Waals surface area contributed by atoms with Crippen molar-refractivity contribution in [3.8, 4) is 0 Å². The second-order valence-corrected chi connectivity index (χ2v) is 8.12. The van der Waals surface area contributed by atoms with Gasteiger partial charge in [-0.3, -0.25) is 0 Å². The standard InChI is InChI=1S/C11H24N2O4S/c1-10(2,3)17-9(14)12-11(4,5)8-13(6)18(7,15)16/h8H2,1-7H3,(H,12,14). The largest absolute Gasteiger partial charge is 0.444 e. The number of carbonyl (C=O) groups is 1. The maximum absolute atomic E-state index is 11.6. The van der Waals surface area contributed by atoms with Gasteiger partial charge < -0.3 is 10.1 Å². The first kappa shape index (κ1) is 17.2. The van der Waals surface area contributed by atoms with Gasteiger partial charge in [-0.15, -0.1) is 0 Å². The van der Waals surface area contributed by atoms with Gasteiger partial charge in [0.1, 0.15) is 5.60 Å². The van der Waals surface area contributed by atoms with Crippen molar-refractivity contribution in [3.05, 3.63) is 0 Å². The quantitative estimate of drug-likeness (QED) is 0.839. The first-order chi connectivity index (χ1) is 7.73. The van der Waals surface area contributed by atoms with E-state index in [9.17, 15) is 13.2 Å². The Balaban J connectivity index is 4.54. The molecule has 6 nitrogen and oxygen atoms in total. The molecule has 0 aliphatic rings. The van der Waals surface area contributed by atoms with Crippen LogP contribution in [-0.4, -0.2) is 49.8 Å². The van der Waals surface area contributed by atoms with E-state index in [1.807, 2.05) is 0 Å². The molecule has 0 unspecified atom stereocenters. The topological polar surface area (TPSA) is 75.7 Å². The molecule has 0 aromatic carbocycles. The van der Waals surface area contributed by atoms with Crippen LogP contribution in [0.25, 0.3) is 0 Å². The fraction of sp³-hybridized carbons (Fsp3) is 0.909. The summed E-state index contributed by atoms with van der Waals surface area (Å²) in [6.45, 7) is 8.94. The van der Waals surface area contributed by atoms with Crippen molar-refractivity contribution in [2.45, 2.75) is 45.8 Å². The molecule has 0 aromatic rings. The number of likely N-dealkylation sites (N-methyl/N-ethyl adjacent to an activating group) is 1. The number of nitrogens with one attached hydrogen (secondary N) is 1. The predicted molar refractivity (Wildman–Crippen MR) is 70.9 cm³/mol. The number of carbonyl (C=O) groups excluding carboxylic acids is 1. The van der Waals surface area contributed by atoms with Crippen molar-refractivity contribution in [1.29, 1.82) is 0 Å². The maximum Gasteiger partial charge on any atom is 0.408 e. The molecule has 0 aliphatic heterocycles. The molecule has 0 rings (SSSR count). The summed E-state index contributed by atoms with van der Waals surface area (Å²) in [5, 5.41) is 2.65. The van der Waals surface area contributed by atoms with Crippen LogP contribution in [0.15, 0.2) is 0 Å². The van der Waals surface area contributed by atoms with Gasteiger partial charge in [0.15, 0.2) is 0 Å². The molecule has 108 valence electrons. The molecule has 0 bridgehead atoms. The van der Waals surface area contributed by atoms with Crippen LogP contribution in [0.1, 0.15) is 34.6 Å². The first-order valence-electron chi connectivity index (χ1n) is 5.65. The van der Waals surface area contributed by atoms with E-state index < -0.39 is 27.3 Å². The molecule has 0 radical (unpaired) electrons. The zero-order chi connectivity index (χ0) is 14.8. The summed E-state index contributed by atoms with van der Waals surface area (Å²) in [5.74, 6) is 0. The van der Waals surface area contributed by atoms with Crippen molar-refractivity contribution in [2.24, 2.45) is 0 Å². The third kappa shape index (κ3) is 7.50. The molecule has 18 heavy (non-hydrogen) atoms. The lowest BCUT2D eigenvalue weighted by molar-refractivity contribution is 0.0464. The third-order valence-electron chi connectivity index (χ3n) is 2.02. The number of hydrogen-bond acceptors (Lipinski definition) is 4. The maximum atomic E-state index is 11.6. The van der Waals surface area contributed by atoms with E-state index in [0.717, 1.165) is 6.26 Å². The normalized spacial score (nSPS) is 13.6. The smallest absolute Gasteiger partial charge is 0.408 e. The zero-order valence-electron chi connectivity index (χ0n) is 12.2. The molecule has 1 N–H and O–H groups in total. The Bertz CT molecular complexity index is 396. The zero-order valence-corrected chi connectivity index (χ0v) is 13.0. The summed E-state index contributed by atoms with van der Waals surface area (Å²) >= 11 is 0. The number of rotatable bonds is 4. The van der Waals surface area contributed by atoms with Gasteiger partial charge in [-0.05, 0) is 34.6 Å². The van der Waals surface area contributed by atoms with E-state index in [4.69, 9.17) is 4.74 Å². The van der Waals surface area contributed by atoms with Gasteiger partial charge in [-0.25, -0.2) is 17.5 Å². The molecule has 0 aromatic heterocycles. The van der Waals surface area contributed by atoms with Crippen LogP contribution in [-0.2, 0) is 14.8 Å². The fourth-order valence-corrected chi connectivity index (χ4v) is 1.85. The highest BCUT2D eigenvalue weighted by atomic mass is 32.2. The molecule has 0 fully saturated rings. The third-order valence-corrected chi connectivity index (χ3v) is 3.28. The predicted octanol–water partition coefficient (Wildman–Crippen LogP) is 1.18. The Kier molecular flexibility index (Phi) is 5.19. The molecule has 0 aliphatic carbocycles. The van der Waals surface area contributed by atoms with E-state index in [2.05, 4.69) is 5.32 Å². The van der Waals surface area contributed by atoms with E-state index in [1.54, 1.807) is 34.6 Å². The summed E-state index contributed by atoms with van der Waals surface area (Å²) in [7, 11) is -1.80. The van der Waals surface area contributed by atoms with Crippen LogP contribution >= 0.6 is 0 Å². The number of ether oxygens (including phenoxy) is 1. The molecule has 0 atom stereocenters. The number of hydrogen-bond donors (Lipinski definition) is 1. The Hall–Kier alpha value is -0.820. The number of alkyl carbamates (subject to hydrolysis) is 1. The van der Waals surface area contributed by atoms with Gasteiger partial charge in [0, 0.05) is 13.6 Å². The highest BCUT2D eigenvalue weighted by Crippen LogP contribution is 2.11. The minimum Gasteiger partial charge on any atom is -0.444 e. The van der Waals surface area contributed by atoms with Gasteiger partial charge in [0.05, 0.1) is 11.8 Å². The van der Waals surface area contributed by atoms with Gasteiger partial charge in [-0.1, -0.05) is 0 Å². The SMILES string of the molecule is CN(CC(C)(C)NC(=O)OC(C)(C)C)S(C)(=O)=O. The van der Waals surface area contributed by atoms with Gasteiger partial charge in [0.2, 0.25) is 10.0 Å². The molecule has 7 heteroatoms. The summed E-state index contributed by atoms with van der Waals surface area (Å²) in [4.78, 5) is 11.6. The number of amides is 1. The van der Waals surface area contributed by atoms with Crippen LogP contribution in [0.5, 0.6) is 0 Å². The number of sulfonamides is 1. The molecule has 0 saturated carbocycles. The number of nitrogens with zero attached hydrogens (tertiary/aromatic N) is 1. The van der Waals surface area contributed by atoms with Crippen LogP contribution in [0, 0.1) is 0 Å². The molecular formula is C11H24N2O4S. The Morgan fingerprint density at radius 1 is 1.22 bits per heavy atom. The minimum atomic E-state index is -3.27. The first-order valence-corrected chi connectivity index (χ1v) is 7.50. The Morgan fingerprint density at radius 3 is 2.00 bits per heavy atom. The summed E-state index contributed by atoms with van der Waals surface area (Å²) in [5.41, 5.74) is -1.29. The van der Waals surface area contributed by atoms with Crippen molar-refractivity contribution in [1.82, 2.24) is 9.62 Å². The van der Waals surface area contributed by atoms with Crippen molar-refractivity contribution in [2.75, 3.05) is 19.8 Å². The van der Waals surface area contributed by atoms with Crippen molar-refractivity contribution < 1.29 is 17.9 Å². The molecular weight excluding hydrogens is 256 g/mol. The lowest BCUT2D eigenvalue weighted by Crippen LogP contribution is -2.52. The molecule has 0 heterocycles. The Labute approximate surface area is 110 Å². The van der Waals surface area contributed by atoms with E-state index >= 15 is 0 Å². The molecule has 0 spiro atoms. The monoisotopic (exact) mass is 280 g/mol. The van der Waals surface area contributed by atoms with Crippen LogP contribution in [0.3, 0.4) is 0 Å². The summed E-state index contributed by atoms with van der Waals surface area (Å²) < 4.78 is 28.9. The average Bonchev–Trinajstić information content (AvgIpc) is 1.94. The van der Waals surface area contributed by atoms with Crippen LogP contribution in [0.2, 0.25) is 0 Å². The fourth-order valence-electron chi connectivity index (χ4n) is 1.29. The van der Waals surface area contributed by atoms with E-state index in [1.165, 1.54) is 11.4 Å².